The lowest BCUT2D eigenvalue weighted by Gasteiger charge is -2.17. The van der Waals surface area contributed by atoms with Gasteiger partial charge in [0.15, 0.2) is 5.82 Å². The molecule has 1 unspecified atom stereocenters. The number of aryl methyl sites for hydroxylation is 1. The van der Waals surface area contributed by atoms with Crippen LogP contribution in [0.2, 0.25) is 0 Å². The summed E-state index contributed by atoms with van der Waals surface area (Å²) in [5.41, 5.74) is 5.42. The van der Waals surface area contributed by atoms with Crippen LogP contribution in [0.25, 0.3) is 0 Å². The van der Waals surface area contributed by atoms with Gasteiger partial charge in [0.25, 0.3) is 0 Å². The van der Waals surface area contributed by atoms with Crippen LogP contribution in [0.15, 0.2) is 9.90 Å². The first-order valence-electron chi connectivity index (χ1n) is 5.63. The molecule has 7 heteroatoms. The van der Waals surface area contributed by atoms with Gasteiger partial charge in [0.2, 0.25) is 5.89 Å². The molecule has 3 N–H and O–H groups in total. The van der Waals surface area contributed by atoms with E-state index in [0.717, 1.165) is 10.7 Å². The zero-order valence-corrected chi connectivity index (χ0v) is 11.2. The maximum atomic E-state index is 9.82. The van der Waals surface area contributed by atoms with Crippen molar-refractivity contribution in [3.8, 4) is 0 Å². The predicted molar refractivity (Wildman–Crippen MR) is 67.3 cm³/mol. The fourth-order valence-electron chi connectivity index (χ4n) is 1.45. The van der Waals surface area contributed by atoms with Crippen LogP contribution in [0.1, 0.15) is 29.3 Å². The summed E-state index contributed by atoms with van der Waals surface area (Å²) in [4.78, 5) is 8.55. The van der Waals surface area contributed by atoms with Crippen molar-refractivity contribution in [2.24, 2.45) is 5.73 Å². The second-order valence-corrected chi connectivity index (χ2v) is 5.48. The summed E-state index contributed by atoms with van der Waals surface area (Å²) >= 11 is 1.57. The average Bonchev–Trinajstić information content (AvgIpc) is 2.89. The van der Waals surface area contributed by atoms with Crippen molar-refractivity contribution in [1.29, 1.82) is 0 Å². The third-order valence-electron chi connectivity index (χ3n) is 2.46. The van der Waals surface area contributed by atoms with Gasteiger partial charge < -0.3 is 15.4 Å². The van der Waals surface area contributed by atoms with E-state index >= 15 is 0 Å². The van der Waals surface area contributed by atoms with E-state index in [0.29, 0.717) is 18.1 Å². The van der Waals surface area contributed by atoms with Gasteiger partial charge in [-0.2, -0.15) is 4.98 Å². The second-order valence-electron chi connectivity index (χ2n) is 4.54. The molecular weight excluding hydrogens is 252 g/mol. The Hall–Kier alpha value is -1.31. The van der Waals surface area contributed by atoms with Crippen molar-refractivity contribution in [2.45, 2.75) is 32.3 Å². The number of nitrogens with two attached hydrogens (primary N) is 1. The Labute approximate surface area is 109 Å². The minimum atomic E-state index is -1.01. The van der Waals surface area contributed by atoms with Crippen LogP contribution in [0, 0.1) is 6.92 Å². The molecule has 0 aliphatic carbocycles. The second kappa shape index (κ2) is 5.13. The largest absolute Gasteiger partial charge is 0.388 e. The van der Waals surface area contributed by atoms with Crippen LogP contribution in [-0.4, -0.2) is 32.4 Å². The number of rotatable bonds is 5. The maximum absolute atomic E-state index is 9.82. The third kappa shape index (κ3) is 3.34. The van der Waals surface area contributed by atoms with Gasteiger partial charge in [0.05, 0.1) is 18.4 Å². The van der Waals surface area contributed by atoms with E-state index in [1.54, 1.807) is 18.3 Å². The standard InChI is InChI=1S/C11H16N4O2S/c1-7-5-18-10(13-7)3-8-14-9(17-15-8)4-11(2,16)6-12/h5,16H,3-4,6,12H2,1-2H3. The molecule has 0 aliphatic rings. The van der Waals surface area contributed by atoms with Gasteiger partial charge in [-0.05, 0) is 13.8 Å². The molecule has 0 amide bonds. The number of hydrogen-bond acceptors (Lipinski definition) is 7. The van der Waals surface area contributed by atoms with Crippen molar-refractivity contribution >= 4 is 11.3 Å². The van der Waals surface area contributed by atoms with Crippen LogP contribution in [0.3, 0.4) is 0 Å². The first-order valence-corrected chi connectivity index (χ1v) is 6.51. The molecule has 0 saturated heterocycles. The third-order valence-corrected chi connectivity index (χ3v) is 3.42. The van der Waals surface area contributed by atoms with Crippen LogP contribution in [0.4, 0.5) is 0 Å². The first kappa shape index (κ1) is 13.1. The van der Waals surface area contributed by atoms with Gasteiger partial charge in [0, 0.05) is 17.6 Å². The lowest BCUT2D eigenvalue weighted by Crippen LogP contribution is -2.36. The van der Waals surface area contributed by atoms with E-state index in [1.165, 1.54) is 0 Å². The summed E-state index contributed by atoms with van der Waals surface area (Å²) in [6.07, 6.45) is 0.806. The summed E-state index contributed by atoms with van der Waals surface area (Å²) in [7, 11) is 0. The van der Waals surface area contributed by atoms with E-state index in [2.05, 4.69) is 15.1 Å². The minimum Gasteiger partial charge on any atom is -0.388 e. The van der Waals surface area contributed by atoms with Crippen LogP contribution < -0.4 is 5.73 Å². The summed E-state index contributed by atoms with van der Waals surface area (Å²) < 4.78 is 5.08. The van der Waals surface area contributed by atoms with E-state index in [-0.39, 0.29) is 13.0 Å². The Morgan fingerprint density at radius 3 is 2.89 bits per heavy atom. The van der Waals surface area contributed by atoms with Crippen LogP contribution in [-0.2, 0) is 12.8 Å². The summed E-state index contributed by atoms with van der Waals surface area (Å²) in [6.45, 7) is 3.73. The van der Waals surface area contributed by atoms with Crippen molar-refractivity contribution < 1.29 is 9.63 Å². The van der Waals surface area contributed by atoms with Crippen molar-refractivity contribution in [3.05, 3.63) is 27.8 Å². The molecule has 2 heterocycles. The molecule has 2 aromatic rings. The lowest BCUT2D eigenvalue weighted by molar-refractivity contribution is 0.0610. The fourth-order valence-corrected chi connectivity index (χ4v) is 2.22. The normalized spacial score (nSPS) is 14.7. The molecule has 1 atom stereocenters. The maximum Gasteiger partial charge on any atom is 0.229 e. The fraction of sp³-hybridized carbons (Fsp3) is 0.545. The highest BCUT2D eigenvalue weighted by molar-refractivity contribution is 7.09. The van der Waals surface area contributed by atoms with E-state index < -0.39 is 5.60 Å². The molecule has 6 nitrogen and oxygen atoms in total. The van der Waals surface area contributed by atoms with Gasteiger partial charge >= 0.3 is 0 Å². The molecule has 0 spiro atoms. The van der Waals surface area contributed by atoms with Crippen LogP contribution >= 0.6 is 11.3 Å². The van der Waals surface area contributed by atoms with Gasteiger partial charge in [0.1, 0.15) is 5.01 Å². The van der Waals surface area contributed by atoms with Crippen molar-refractivity contribution in [3.63, 3.8) is 0 Å². The number of thiazole rings is 1. The minimum absolute atomic E-state index is 0.149. The molecule has 0 saturated carbocycles. The van der Waals surface area contributed by atoms with E-state index in [1.807, 2.05) is 12.3 Å². The topological polar surface area (TPSA) is 98.1 Å². The summed E-state index contributed by atoms with van der Waals surface area (Å²) in [6, 6.07) is 0. The Morgan fingerprint density at radius 1 is 1.50 bits per heavy atom. The lowest BCUT2D eigenvalue weighted by atomic mass is 10.0. The average molecular weight is 268 g/mol. The SMILES string of the molecule is Cc1csc(Cc2noc(CC(C)(O)CN)n2)n1. The Morgan fingerprint density at radius 2 is 2.28 bits per heavy atom. The number of hydrogen-bond donors (Lipinski definition) is 2. The number of nitrogens with zero attached hydrogens (tertiary/aromatic N) is 3. The molecule has 98 valence electrons. The molecule has 0 aliphatic heterocycles. The molecule has 2 aromatic heterocycles. The molecule has 18 heavy (non-hydrogen) atoms. The van der Waals surface area contributed by atoms with Crippen molar-refractivity contribution in [2.75, 3.05) is 6.54 Å². The Bertz CT molecular complexity index is 521. The highest BCUT2D eigenvalue weighted by Crippen LogP contribution is 2.14. The number of aromatic nitrogens is 3. The zero-order valence-electron chi connectivity index (χ0n) is 10.4. The molecule has 2 rings (SSSR count). The highest BCUT2D eigenvalue weighted by atomic mass is 32.1. The van der Waals surface area contributed by atoms with E-state index in [9.17, 15) is 5.11 Å². The Kier molecular flexibility index (Phi) is 3.74. The highest BCUT2D eigenvalue weighted by Gasteiger charge is 2.22. The van der Waals surface area contributed by atoms with Gasteiger partial charge in [-0.3, -0.25) is 0 Å². The number of aliphatic hydroxyl groups is 1. The quantitative estimate of drug-likeness (QED) is 0.827. The Balaban J connectivity index is 2.02. The molecule has 0 radical (unpaired) electrons. The monoisotopic (exact) mass is 268 g/mol. The van der Waals surface area contributed by atoms with Crippen LogP contribution in [0.5, 0.6) is 0 Å². The summed E-state index contributed by atoms with van der Waals surface area (Å²) in [5.74, 6) is 0.973. The molecule has 0 aromatic carbocycles. The van der Waals surface area contributed by atoms with Gasteiger partial charge in [-0.1, -0.05) is 5.16 Å². The zero-order chi connectivity index (χ0) is 13.2. The summed E-state index contributed by atoms with van der Waals surface area (Å²) in [5, 5.41) is 16.6. The first-order chi connectivity index (χ1) is 8.48. The van der Waals surface area contributed by atoms with Gasteiger partial charge in [-0.15, -0.1) is 11.3 Å². The van der Waals surface area contributed by atoms with E-state index in [4.69, 9.17) is 10.3 Å². The smallest absolute Gasteiger partial charge is 0.229 e. The molecular formula is C11H16N4O2S. The van der Waals surface area contributed by atoms with Gasteiger partial charge in [-0.25, -0.2) is 4.98 Å². The molecule has 0 fully saturated rings. The van der Waals surface area contributed by atoms with Crippen molar-refractivity contribution in [1.82, 2.24) is 15.1 Å². The predicted octanol–water partition coefficient (Wildman–Crippen LogP) is 0.678. The molecule has 0 bridgehead atoms.